The third kappa shape index (κ3) is 4.35. The van der Waals surface area contributed by atoms with E-state index >= 15 is 0 Å². The van der Waals surface area contributed by atoms with Gasteiger partial charge in [-0.25, -0.2) is 4.79 Å². The Balaban J connectivity index is 2.21. The van der Waals surface area contributed by atoms with E-state index in [0.717, 1.165) is 23.8 Å². The van der Waals surface area contributed by atoms with E-state index in [4.69, 9.17) is 5.11 Å². The average molecular weight is 375 g/mol. The number of benzene rings is 2. The molecule has 3 rings (SSSR count). The summed E-state index contributed by atoms with van der Waals surface area (Å²) in [4.78, 5) is 26.0. The Morgan fingerprint density at radius 1 is 1.07 bits per heavy atom. The number of H-pyrrole nitrogens is 1. The Morgan fingerprint density at radius 2 is 1.78 bits per heavy atom. The van der Waals surface area contributed by atoms with Crippen molar-refractivity contribution in [2.45, 2.75) is 6.36 Å². The Kier molecular flexibility index (Phi) is 4.72. The van der Waals surface area contributed by atoms with Crippen molar-refractivity contribution in [2.24, 2.45) is 0 Å². The first-order chi connectivity index (χ1) is 12.7. The Labute approximate surface area is 150 Å². The van der Waals surface area contributed by atoms with E-state index in [-0.39, 0.29) is 22.2 Å². The number of rotatable bonds is 4. The number of hydrogen-bond donors (Lipinski definition) is 2. The fourth-order valence-electron chi connectivity index (χ4n) is 2.54. The van der Waals surface area contributed by atoms with E-state index in [0.29, 0.717) is 0 Å². The Morgan fingerprint density at radius 3 is 2.41 bits per heavy atom. The molecule has 0 atom stereocenters. The zero-order valence-electron chi connectivity index (χ0n) is 13.6. The van der Waals surface area contributed by atoms with Crippen LogP contribution < -0.4 is 10.2 Å². The van der Waals surface area contributed by atoms with E-state index in [1.54, 1.807) is 36.4 Å². The van der Waals surface area contributed by atoms with Gasteiger partial charge in [-0.1, -0.05) is 42.5 Å². The minimum atomic E-state index is -4.93. The summed E-state index contributed by atoms with van der Waals surface area (Å²) >= 11 is 0. The summed E-state index contributed by atoms with van der Waals surface area (Å²) in [6.07, 6.45) is -1.83. The summed E-state index contributed by atoms with van der Waals surface area (Å²) in [5.74, 6) is -1.93. The van der Waals surface area contributed by atoms with Crippen molar-refractivity contribution in [3.8, 4) is 5.75 Å². The summed E-state index contributed by atoms with van der Waals surface area (Å²) in [5.41, 5.74) is -0.0589. The molecule has 0 spiro atoms. The molecule has 0 saturated heterocycles. The second-order valence-electron chi connectivity index (χ2n) is 5.58. The second-order valence-corrected chi connectivity index (χ2v) is 5.58. The van der Waals surface area contributed by atoms with Crippen LogP contribution >= 0.6 is 0 Å². The fourth-order valence-corrected chi connectivity index (χ4v) is 2.54. The van der Waals surface area contributed by atoms with E-state index in [1.807, 2.05) is 0 Å². The standard InChI is InChI=1S/C19H12F3NO4/c20-19(21,22)27-13-8-12(7-6-11-4-2-1-3-5-11)17-14(9-13)16(24)10-15(23-17)18(25)26/h1-10H,(H,23,24)(H,25,26). The monoisotopic (exact) mass is 375 g/mol. The predicted octanol–water partition coefficient (Wildman–Crippen LogP) is 4.30. The number of pyridine rings is 1. The number of hydrogen-bond acceptors (Lipinski definition) is 3. The van der Waals surface area contributed by atoms with E-state index in [2.05, 4.69) is 9.72 Å². The quantitative estimate of drug-likeness (QED) is 0.667. The van der Waals surface area contributed by atoms with Gasteiger partial charge in [0.1, 0.15) is 11.4 Å². The topological polar surface area (TPSA) is 79.4 Å². The molecule has 0 saturated carbocycles. The first kappa shape index (κ1) is 18.2. The van der Waals surface area contributed by atoms with Crippen LogP contribution in [0.25, 0.3) is 23.1 Å². The molecule has 1 aromatic heterocycles. The highest BCUT2D eigenvalue weighted by molar-refractivity contribution is 5.95. The molecule has 8 heteroatoms. The van der Waals surface area contributed by atoms with Gasteiger partial charge in [0.25, 0.3) is 0 Å². The number of carbonyl (C=O) groups is 1. The van der Waals surface area contributed by atoms with Crippen molar-refractivity contribution in [2.75, 3.05) is 0 Å². The number of fused-ring (bicyclic) bond motifs is 1. The molecule has 2 N–H and O–H groups in total. The van der Waals surface area contributed by atoms with E-state index < -0.39 is 23.5 Å². The number of carboxylic acids is 1. The molecule has 0 fully saturated rings. The normalized spacial score (nSPS) is 11.8. The van der Waals surface area contributed by atoms with Crippen LogP contribution in [0, 0.1) is 0 Å². The van der Waals surface area contributed by atoms with Crippen LogP contribution in [0.4, 0.5) is 13.2 Å². The minimum Gasteiger partial charge on any atom is -0.477 e. The molecule has 0 radical (unpaired) electrons. The second kappa shape index (κ2) is 6.99. The molecule has 2 aromatic carbocycles. The fraction of sp³-hybridized carbons (Fsp3) is 0.0526. The summed E-state index contributed by atoms with van der Waals surface area (Å²) in [6, 6.07) is 11.7. The smallest absolute Gasteiger partial charge is 0.477 e. The van der Waals surface area contributed by atoms with E-state index in [9.17, 15) is 22.8 Å². The number of nitrogens with one attached hydrogen (secondary N) is 1. The third-order valence-electron chi connectivity index (χ3n) is 3.66. The molecule has 1 heterocycles. The van der Waals surface area contributed by atoms with Crippen LogP contribution in [-0.2, 0) is 0 Å². The predicted molar refractivity (Wildman–Crippen MR) is 93.6 cm³/mol. The van der Waals surface area contributed by atoms with Crippen LogP contribution in [-0.4, -0.2) is 22.4 Å². The lowest BCUT2D eigenvalue weighted by Gasteiger charge is -2.12. The molecular weight excluding hydrogens is 363 g/mol. The number of aromatic nitrogens is 1. The van der Waals surface area contributed by atoms with Crippen molar-refractivity contribution < 1.29 is 27.8 Å². The van der Waals surface area contributed by atoms with Crippen LogP contribution in [0.5, 0.6) is 5.75 Å². The first-order valence-corrected chi connectivity index (χ1v) is 7.66. The average Bonchev–Trinajstić information content (AvgIpc) is 2.59. The van der Waals surface area contributed by atoms with Crippen LogP contribution in [0.1, 0.15) is 21.6 Å². The molecule has 0 unspecified atom stereocenters. The highest BCUT2D eigenvalue weighted by Crippen LogP contribution is 2.28. The van der Waals surface area contributed by atoms with Crippen LogP contribution in [0.15, 0.2) is 53.3 Å². The number of carboxylic acid groups (broad SMARTS) is 1. The first-order valence-electron chi connectivity index (χ1n) is 7.66. The molecule has 0 bridgehead atoms. The number of ether oxygens (including phenoxy) is 1. The molecule has 5 nitrogen and oxygen atoms in total. The highest BCUT2D eigenvalue weighted by atomic mass is 19.4. The maximum atomic E-state index is 12.6. The zero-order valence-corrected chi connectivity index (χ0v) is 13.6. The molecule has 27 heavy (non-hydrogen) atoms. The largest absolute Gasteiger partial charge is 0.573 e. The van der Waals surface area contributed by atoms with Gasteiger partial charge in [-0.2, -0.15) is 0 Å². The summed E-state index contributed by atoms with van der Waals surface area (Å²) in [5, 5.41) is 9.00. The SMILES string of the molecule is O=C(O)c1cc(=O)c2cc(OC(F)(F)F)cc(C=Cc3ccccc3)c2[nH]1. The van der Waals surface area contributed by atoms with Gasteiger partial charge < -0.3 is 14.8 Å². The number of halogens is 3. The van der Waals surface area contributed by atoms with Crippen molar-refractivity contribution >= 4 is 29.0 Å². The van der Waals surface area contributed by atoms with Gasteiger partial charge >= 0.3 is 12.3 Å². The molecule has 138 valence electrons. The maximum absolute atomic E-state index is 12.6. The Bertz CT molecular complexity index is 1090. The van der Waals surface area contributed by atoms with Gasteiger partial charge in [-0.15, -0.1) is 13.2 Å². The molecule has 0 aliphatic carbocycles. The zero-order chi connectivity index (χ0) is 19.6. The molecule has 0 amide bonds. The maximum Gasteiger partial charge on any atom is 0.573 e. The summed E-state index contributed by atoms with van der Waals surface area (Å²) < 4.78 is 41.7. The van der Waals surface area contributed by atoms with Gasteiger partial charge in [-0.3, -0.25) is 4.79 Å². The molecule has 3 aromatic rings. The third-order valence-corrected chi connectivity index (χ3v) is 3.66. The van der Waals surface area contributed by atoms with Gasteiger partial charge in [0.15, 0.2) is 5.43 Å². The lowest BCUT2D eigenvalue weighted by molar-refractivity contribution is -0.274. The summed E-state index contributed by atoms with van der Waals surface area (Å²) in [6.45, 7) is 0. The van der Waals surface area contributed by atoms with Crippen molar-refractivity contribution in [3.63, 3.8) is 0 Å². The summed E-state index contributed by atoms with van der Waals surface area (Å²) in [7, 11) is 0. The Hall–Kier alpha value is -3.55. The molecular formula is C19H12F3NO4. The van der Waals surface area contributed by atoms with Crippen LogP contribution in [0.2, 0.25) is 0 Å². The van der Waals surface area contributed by atoms with Gasteiger partial charge in [-0.05, 0) is 17.7 Å². The number of aromatic carboxylic acids is 1. The molecule has 0 aliphatic heterocycles. The van der Waals surface area contributed by atoms with Gasteiger partial charge in [0.05, 0.1) is 5.52 Å². The lowest BCUT2D eigenvalue weighted by Crippen LogP contribution is -2.18. The van der Waals surface area contributed by atoms with Crippen LogP contribution in [0.3, 0.4) is 0 Å². The number of alkyl halides is 3. The minimum absolute atomic E-state index is 0.0987. The lowest BCUT2D eigenvalue weighted by atomic mass is 10.1. The number of aromatic amines is 1. The van der Waals surface area contributed by atoms with Gasteiger partial charge in [0.2, 0.25) is 0 Å². The highest BCUT2D eigenvalue weighted by Gasteiger charge is 2.31. The van der Waals surface area contributed by atoms with Crippen molar-refractivity contribution in [3.05, 3.63) is 75.6 Å². The van der Waals surface area contributed by atoms with Crippen molar-refractivity contribution in [1.82, 2.24) is 4.98 Å². The van der Waals surface area contributed by atoms with Gasteiger partial charge in [0, 0.05) is 17.0 Å². The van der Waals surface area contributed by atoms with Crippen molar-refractivity contribution in [1.29, 1.82) is 0 Å². The molecule has 0 aliphatic rings. The van der Waals surface area contributed by atoms with E-state index in [1.165, 1.54) is 6.08 Å².